The second-order valence-electron chi connectivity index (χ2n) is 7.06. The molecular formula is C21H24N2O5. The van der Waals surface area contributed by atoms with Crippen molar-refractivity contribution in [3.8, 4) is 0 Å². The first-order chi connectivity index (χ1) is 13.4. The van der Waals surface area contributed by atoms with Crippen LogP contribution in [0.3, 0.4) is 0 Å². The molecule has 0 amide bonds. The maximum atomic E-state index is 11.9. The molecule has 0 fully saturated rings. The summed E-state index contributed by atoms with van der Waals surface area (Å²) in [5.41, 5.74) is 5.64. The molecule has 0 saturated carbocycles. The fourth-order valence-electron chi connectivity index (χ4n) is 4.15. The zero-order chi connectivity index (χ0) is 20.4. The highest BCUT2D eigenvalue weighted by Gasteiger charge is 2.23. The second-order valence-corrected chi connectivity index (χ2v) is 7.06. The van der Waals surface area contributed by atoms with Crippen molar-refractivity contribution >= 4 is 34.6 Å². The van der Waals surface area contributed by atoms with E-state index in [4.69, 9.17) is 10.2 Å². The molecule has 0 aromatic carbocycles. The summed E-state index contributed by atoms with van der Waals surface area (Å²) < 4.78 is 4.00. The fourth-order valence-corrected chi connectivity index (χ4v) is 4.15. The number of carboxylic acids is 2. The Bertz CT molecular complexity index is 1130. The maximum absolute atomic E-state index is 11.9. The summed E-state index contributed by atoms with van der Waals surface area (Å²) in [7, 11) is 0. The summed E-state index contributed by atoms with van der Waals surface area (Å²) >= 11 is 0. The Morgan fingerprint density at radius 1 is 1.04 bits per heavy atom. The first-order valence-corrected chi connectivity index (χ1v) is 9.53. The molecular weight excluding hydrogens is 360 g/mol. The molecule has 0 bridgehead atoms. The normalized spacial score (nSPS) is 11.4. The van der Waals surface area contributed by atoms with Crippen molar-refractivity contribution in [2.45, 2.75) is 58.9 Å². The molecule has 28 heavy (non-hydrogen) atoms. The number of hydrogen-bond donors (Lipinski definition) is 2. The van der Waals surface area contributed by atoms with Crippen LogP contribution in [0.5, 0.6) is 0 Å². The molecule has 3 aromatic rings. The highest BCUT2D eigenvalue weighted by atomic mass is 16.4. The monoisotopic (exact) mass is 384 g/mol. The quantitative estimate of drug-likeness (QED) is 0.589. The van der Waals surface area contributed by atoms with Gasteiger partial charge in [0.25, 0.3) is 0 Å². The number of carbonyl (C=O) groups is 2. The second kappa shape index (κ2) is 7.90. The van der Waals surface area contributed by atoms with Crippen molar-refractivity contribution in [3.63, 3.8) is 0 Å². The van der Waals surface area contributed by atoms with Crippen LogP contribution in [0, 0.1) is 6.92 Å². The van der Waals surface area contributed by atoms with Crippen molar-refractivity contribution in [3.05, 3.63) is 34.2 Å². The number of carboxylic acid groups (broad SMARTS) is 2. The van der Waals surface area contributed by atoms with Gasteiger partial charge in [-0.15, -0.1) is 0 Å². The summed E-state index contributed by atoms with van der Waals surface area (Å²) in [5, 5.41) is 18.5. The summed E-state index contributed by atoms with van der Waals surface area (Å²) in [6, 6.07) is 4.01. The van der Waals surface area contributed by atoms with Crippen molar-refractivity contribution in [1.82, 2.24) is 8.97 Å². The van der Waals surface area contributed by atoms with Crippen molar-refractivity contribution in [2.24, 2.45) is 0 Å². The number of pyridine rings is 1. The van der Waals surface area contributed by atoms with E-state index in [9.17, 15) is 14.4 Å². The van der Waals surface area contributed by atoms with Gasteiger partial charge in [0.2, 0.25) is 0 Å². The van der Waals surface area contributed by atoms with E-state index in [0.717, 1.165) is 33.4 Å². The molecule has 3 heterocycles. The number of carbonyl (C=O) groups excluding carboxylic acids is 1. The van der Waals surface area contributed by atoms with E-state index >= 15 is 0 Å². The lowest BCUT2D eigenvalue weighted by molar-refractivity contribution is -0.138. The maximum Gasteiger partial charge on any atom is 0.303 e. The molecule has 0 saturated heterocycles. The van der Waals surface area contributed by atoms with Gasteiger partial charge >= 0.3 is 11.9 Å². The third-order valence-electron chi connectivity index (χ3n) is 5.28. The van der Waals surface area contributed by atoms with Crippen LogP contribution in [0.2, 0.25) is 0 Å². The summed E-state index contributed by atoms with van der Waals surface area (Å²) in [4.78, 5) is 33.8. The fraction of sp³-hybridized carbons (Fsp3) is 0.429. The van der Waals surface area contributed by atoms with Gasteiger partial charge in [0.05, 0.1) is 11.0 Å². The minimum absolute atomic E-state index is 0.0453. The van der Waals surface area contributed by atoms with Crippen molar-refractivity contribution in [2.75, 3.05) is 0 Å². The topological polar surface area (TPSA) is 101 Å². The lowest BCUT2D eigenvalue weighted by Gasteiger charge is -2.08. The van der Waals surface area contributed by atoms with Crippen LogP contribution >= 0.6 is 0 Å². The average molecular weight is 384 g/mol. The molecule has 0 radical (unpaired) electrons. The standard InChI is InChI=1S/C21H24N2O5/c1-3-22-17(12-24)20-15(7-5-9-19(27)28)14(6-4-8-18(25)26)16-11-10-13(2)21(22)23(16)20/h10-11H,3-9H2,1-2H3,(H,25,26)(H,27,28). The van der Waals surface area contributed by atoms with Crippen LogP contribution in [0.1, 0.15) is 49.3 Å². The highest BCUT2D eigenvalue weighted by Crippen LogP contribution is 2.31. The van der Waals surface area contributed by atoms with Crippen LogP contribution in [-0.2, 0) is 33.8 Å². The Hall–Kier alpha value is -3.05. The largest absolute Gasteiger partial charge is 0.481 e. The van der Waals surface area contributed by atoms with E-state index in [1.807, 2.05) is 30.5 Å². The van der Waals surface area contributed by atoms with Crippen LogP contribution in [-0.4, -0.2) is 37.1 Å². The van der Waals surface area contributed by atoms with Gasteiger partial charge in [-0.1, -0.05) is 6.07 Å². The summed E-state index contributed by atoms with van der Waals surface area (Å²) in [6.45, 7) is 4.58. The van der Waals surface area contributed by atoms with Gasteiger partial charge in [-0.25, -0.2) is 4.79 Å². The lowest BCUT2D eigenvalue weighted by Crippen LogP contribution is -2.18. The molecule has 7 nitrogen and oxygen atoms in total. The average Bonchev–Trinajstić information content (AvgIpc) is 3.12. The minimum atomic E-state index is -0.856. The van der Waals surface area contributed by atoms with Crippen molar-refractivity contribution in [1.29, 1.82) is 0 Å². The van der Waals surface area contributed by atoms with Gasteiger partial charge in [-0.05, 0) is 62.3 Å². The van der Waals surface area contributed by atoms with Gasteiger partial charge in [-0.2, -0.15) is 0 Å². The van der Waals surface area contributed by atoms with Crippen LogP contribution in [0.15, 0.2) is 12.1 Å². The molecule has 7 heteroatoms. The molecule has 0 aliphatic rings. The molecule has 2 N–H and O–H groups in total. The van der Waals surface area contributed by atoms with E-state index in [1.54, 1.807) is 0 Å². The van der Waals surface area contributed by atoms with Crippen LogP contribution in [0.4, 0.5) is 0 Å². The molecule has 0 atom stereocenters. The Balaban J connectivity index is 2.26. The molecule has 148 valence electrons. The number of aryl methyl sites for hydroxylation is 4. The van der Waals surface area contributed by atoms with Gasteiger partial charge in [0, 0.05) is 19.4 Å². The van der Waals surface area contributed by atoms with Crippen LogP contribution < -0.4 is 5.35 Å². The molecule has 0 aliphatic heterocycles. The van der Waals surface area contributed by atoms with Gasteiger partial charge < -0.3 is 14.8 Å². The smallest absolute Gasteiger partial charge is 0.303 e. The Labute approximate surface area is 161 Å². The lowest BCUT2D eigenvalue weighted by atomic mass is 9.99. The van der Waals surface area contributed by atoms with Gasteiger partial charge in [0.1, 0.15) is 5.65 Å². The number of rotatable bonds is 9. The summed E-state index contributed by atoms with van der Waals surface area (Å²) in [6.07, 6.45) is 2.14. The minimum Gasteiger partial charge on any atom is -0.481 e. The third kappa shape index (κ3) is 3.29. The predicted octanol–water partition coefficient (Wildman–Crippen LogP) is 2.26. The van der Waals surface area contributed by atoms with E-state index < -0.39 is 11.9 Å². The number of imidazole rings is 1. The van der Waals surface area contributed by atoms with Crippen LogP contribution in [0.25, 0.3) is 16.7 Å². The molecule has 0 unspecified atom stereocenters. The van der Waals surface area contributed by atoms with E-state index in [-0.39, 0.29) is 12.8 Å². The van der Waals surface area contributed by atoms with Crippen molar-refractivity contribution < 1.29 is 24.6 Å². The molecule has 0 aliphatic carbocycles. The number of aromatic nitrogens is 2. The van der Waals surface area contributed by atoms with E-state index in [2.05, 4.69) is 10.3 Å². The molecule has 3 aromatic heterocycles. The Kier molecular flexibility index (Phi) is 5.56. The number of hydrogen-bond acceptors (Lipinski definition) is 3. The Morgan fingerprint density at radius 3 is 2.18 bits per heavy atom. The van der Waals surface area contributed by atoms with Gasteiger partial charge in [0.15, 0.2) is 11.3 Å². The van der Waals surface area contributed by atoms with E-state index in [0.29, 0.717) is 37.6 Å². The summed E-state index contributed by atoms with van der Waals surface area (Å²) in [5.74, 6) is 0.389. The predicted molar refractivity (Wildman–Crippen MR) is 104 cm³/mol. The molecule has 3 rings (SSSR count). The zero-order valence-corrected chi connectivity index (χ0v) is 16.1. The third-order valence-corrected chi connectivity index (χ3v) is 5.28. The first-order valence-electron chi connectivity index (χ1n) is 9.53. The Morgan fingerprint density at radius 2 is 1.64 bits per heavy atom. The first kappa shape index (κ1) is 19.7. The number of aliphatic carboxylic acids is 2. The van der Waals surface area contributed by atoms with E-state index in [1.165, 1.54) is 0 Å². The SMILES string of the molecule is CCn1c(=C=O)c2c(CCCC(=O)O)c(CCCC(=O)O)c3ccc(C)c1n32. The highest BCUT2D eigenvalue weighted by molar-refractivity contribution is 5.83. The molecule has 0 spiro atoms. The number of nitrogens with zero attached hydrogens (tertiary/aromatic N) is 2. The zero-order valence-electron chi connectivity index (χ0n) is 16.1. The van der Waals surface area contributed by atoms with Gasteiger partial charge in [-0.3, -0.25) is 14.0 Å².